The molecule has 2 heterocycles. The molecule has 1 atom stereocenters. The standard InChI is InChI=1S/C25H22F3N3O4S/c26-25(27,28)17-3-1-4-18(12-17)30-22(32)15-35-20-8-6-19(7-9-20)31-14-16(11-23(31)33)24(34)29-13-21-5-2-10-36-21/h1-10,12,16H,11,13-15H2,(H,29,34)(H,30,32)/t16-/m1/s1. The summed E-state index contributed by atoms with van der Waals surface area (Å²) in [7, 11) is 0. The van der Waals surface area contributed by atoms with Crippen LogP contribution in [0.2, 0.25) is 0 Å². The minimum Gasteiger partial charge on any atom is -0.484 e. The van der Waals surface area contributed by atoms with Crippen molar-refractivity contribution in [3.05, 3.63) is 76.5 Å². The lowest BCUT2D eigenvalue weighted by molar-refractivity contribution is -0.137. The number of carbonyl (C=O) groups is 3. The van der Waals surface area contributed by atoms with Gasteiger partial charge >= 0.3 is 6.18 Å². The van der Waals surface area contributed by atoms with Crippen molar-refractivity contribution in [2.45, 2.75) is 19.1 Å². The SMILES string of the molecule is O=C(COc1ccc(N2C[C@H](C(=O)NCc3cccs3)CC2=O)cc1)Nc1cccc(C(F)(F)F)c1. The second-order valence-corrected chi connectivity index (χ2v) is 9.14. The quantitative estimate of drug-likeness (QED) is 0.462. The third-order valence-corrected chi connectivity index (χ3v) is 6.38. The van der Waals surface area contributed by atoms with Crippen LogP contribution in [0.4, 0.5) is 24.5 Å². The van der Waals surface area contributed by atoms with Crippen molar-refractivity contribution < 1.29 is 32.3 Å². The Morgan fingerprint density at radius 3 is 2.56 bits per heavy atom. The Hall–Kier alpha value is -3.86. The lowest BCUT2D eigenvalue weighted by atomic mass is 10.1. The van der Waals surface area contributed by atoms with Gasteiger partial charge in [0, 0.05) is 29.2 Å². The monoisotopic (exact) mass is 517 g/mol. The maximum Gasteiger partial charge on any atom is 0.416 e. The molecule has 1 aliphatic rings. The lowest BCUT2D eigenvalue weighted by Crippen LogP contribution is -2.32. The summed E-state index contributed by atoms with van der Waals surface area (Å²) in [6, 6.07) is 14.6. The minimum atomic E-state index is -4.51. The molecule has 1 saturated heterocycles. The highest BCUT2D eigenvalue weighted by molar-refractivity contribution is 7.09. The second kappa shape index (κ2) is 10.8. The zero-order valence-corrected chi connectivity index (χ0v) is 19.7. The number of nitrogens with zero attached hydrogens (tertiary/aromatic N) is 1. The Kier molecular flexibility index (Phi) is 7.58. The number of hydrogen-bond donors (Lipinski definition) is 2. The molecule has 1 aromatic heterocycles. The molecular formula is C25H22F3N3O4S. The van der Waals surface area contributed by atoms with E-state index in [1.54, 1.807) is 35.6 Å². The van der Waals surface area contributed by atoms with Crippen LogP contribution in [0.15, 0.2) is 66.0 Å². The second-order valence-electron chi connectivity index (χ2n) is 8.11. The van der Waals surface area contributed by atoms with Gasteiger partial charge in [-0.15, -0.1) is 11.3 Å². The van der Waals surface area contributed by atoms with Crippen LogP contribution < -0.4 is 20.3 Å². The molecule has 0 spiro atoms. The number of hydrogen-bond acceptors (Lipinski definition) is 5. The van der Waals surface area contributed by atoms with Crippen LogP contribution in [-0.2, 0) is 27.1 Å². The van der Waals surface area contributed by atoms with Gasteiger partial charge in [0.2, 0.25) is 11.8 Å². The first-order valence-electron chi connectivity index (χ1n) is 11.0. The van der Waals surface area contributed by atoms with E-state index >= 15 is 0 Å². The summed E-state index contributed by atoms with van der Waals surface area (Å²) in [5.74, 6) is -1.07. The van der Waals surface area contributed by atoms with Crippen LogP contribution in [0.25, 0.3) is 0 Å². The third kappa shape index (κ3) is 6.42. The van der Waals surface area contributed by atoms with Gasteiger partial charge in [0.05, 0.1) is 18.0 Å². The summed E-state index contributed by atoms with van der Waals surface area (Å²) in [5, 5.41) is 7.16. The van der Waals surface area contributed by atoms with E-state index in [9.17, 15) is 27.6 Å². The van der Waals surface area contributed by atoms with E-state index in [4.69, 9.17) is 4.74 Å². The molecule has 3 amide bonds. The van der Waals surface area contributed by atoms with Crippen molar-refractivity contribution in [3.8, 4) is 5.75 Å². The number of carbonyl (C=O) groups excluding carboxylic acids is 3. The molecule has 1 fully saturated rings. The highest BCUT2D eigenvalue weighted by atomic mass is 32.1. The van der Waals surface area contributed by atoms with E-state index in [1.807, 2.05) is 17.5 Å². The number of benzene rings is 2. The number of alkyl halides is 3. The Morgan fingerprint density at radius 1 is 1.08 bits per heavy atom. The molecular weight excluding hydrogens is 495 g/mol. The molecule has 0 saturated carbocycles. The maximum absolute atomic E-state index is 12.8. The first kappa shape index (κ1) is 25.2. The van der Waals surface area contributed by atoms with E-state index < -0.39 is 30.2 Å². The maximum atomic E-state index is 12.8. The van der Waals surface area contributed by atoms with Crippen LogP contribution in [0.5, 0.6) is 5.75 Å². The average molecular weight is 518 g/mol. The summed E-state index contributed by atoms with van der Waals surface area (Å²) < 4.78 is 43.8. The summed E-state index contributed by atoms with van der Waals surface area (Å²) in [4.78, 5) is 39.6. The summed E-state index contributed by atoms with van der Waals surface area (Å²) in [6.45, 7) is 0.272. The number of ether oxygens (including phenoxy) is 1. The minimum absolute atomic E-state index is 0.00954. The molecule has 4 rings (SSSR count). The fraction of sp³-hybridized carbons (Fsp3) is 0.240. The number of halogens is 3. The molecule has 0 aliphatic carbocycles. The summed E-state index contributed by atoms with van der Waals surface area (Å²) >= 11 is 1.54. The number of rotatable bonds is 8. The summed E-state index contributed by atoms with van der Waals surface area (Å²) in [6.07, 6.45) is -4.39. The molecule has 36 heavy (non-hydrogen) atoms. The van der Waals surface area contributed by atoms with Gasteiger partial charge in [0.15, 0.2) is 6.61 Å². The molecule has 2 N–H and O–H groups in total. The first-order chi connectivity index (χ1) is 17.2. The van der Waals surface area contributed by atoms with Crippen LogP contribution in [0.1, 0.15) is 16.9 Å². The van der Waals surface area contributed by atoms with Gasteiger partial charge in [0.25, 0.3) is 5.91 Å². The van der Waals surface area contributed by atoms with Crippen molar-refractivity contribution in [3.63, 3.8) is 0 Å². The zero-order chi connectivity index (χ0) is 25.7. The molecule has 0 bridgehead atoms. The van der Waals surface area contributed by atoms with Gasteiger partial charge < -0.3 is 20.3 Å². The molecule has 188 valence electrons. The van der Waals surface area contributed by atoms with E-state index in [2.05, 4.69) is 10.6 Å². The third-order valence-electron chi connectivity index (χ3n) is 5.50. The van der Waals surface area contributed by atoms with Gasteiger partial charge in [-0.3, -0.25) is 14.4 Å². The van der Waals surface area contributed by atoms with E-state index in [0.717, 1.165) is 17.0 Å². The molecule has 0 unspecified atom stereocenters. The molecule has 1 aliphatic heterocycles. The fourth-order valence-electron chi connectivity index (χ4n) is 3.71. The Labute approximate surface area is 208 Å². The predicted octanol–water partition coefficient (Wildman–Crippen LogP) is 4.45. The van der Waals surface area contributed by atoms with Gasteiger partial charge in [-0.2, -0.15) is 13.2 Å². The Morgan fingerprint density at radius 2 is 1.86 bits per heavy atom. The number of amides is 3. The Balaban J connectivity index is 1.27. The topological polar surface area (TPSA) is 87.7 Å². The largest absolute Gasteiger partial charge is 0.484 e. The van der Waals surface area contributed by atoms with Crippen LogP contribution in [0.3, 0.4) is 0 Å². The van der Waals surface area contributed by atoms with Crippen LogP contribution >= 0.6 is 11.3 Å². The van der Waals surface area contributed by atoms with Crippen molar-refractivity contribution in [1.29, 1.82) is 0 Å². The number of nitrogens with one attached hydrogen (secondary N) is 2. The van der Waals surface area contributed by atoms with Gasteiger partial charge in [-0.1, -0.05) is 12.1 Å². The lowest BCUT2D eigenvalue weighted by Gasteiger charge is -2.17. The predicted molar refractivity (Wildman–Crippen MR) is 129 cm³/mol. The van der Waals surface area contributed by atoms with Crippen LogP contribution in [0, 0.1) is 5.92 Å². The first-order valence-corrected chi connectivity index (χ1v) is 11.9. The smallest absolute Gasteiger partial charge is 0.416 e. The molecule has 7 nitrogen and oxygen atoms in total. The fourth-order valence-corrected chi connectivity index (χ4v) is 4.35. The average Bonchev–Trinajstić information content (AvgIpc) is 3.51. The van der Waals surface area contributed by atoms with E-state index in [-0.39, 0.29) is 30.5 Å². The van der Waals surface area contributed by atoms with Gasteiger partial charge in [-0.05, 0) is 53.9 Å². The highest BCUT2D eigenvalue weighted by Crippen LogP contribution is 2.31. The van der Waals surface area contributed by atoms with Crippen molar-refractivity contribution >= 4 is 40.4 Å². The normalized spacial score (nSPS) is 15.6. The molecule has 2 aromatic carbocycles. The van der Waals surface area contributed by atoms with Crippen molar-refractivity contribution in [2.24, 2.45) is 5.92 Å². The van der Waals surface area contributed by atoms with E-state index in [1.165, 1.54) is 17.0 Å². The molecule has 3 aromatic rings. The molecule has 0 radical (unpaired) electrons. The van der Waals surface area contributed by atoms with Crippen molar-refractivity contribution in [1.82, 2.24) is 5.32 Å². The Bertz CT molecular complexity index is 1230. The molecule has 11 heteroatoms. The van der Waals surface area contributed by atoms with Gasteiger partial charge in [0.1, 0.15) is 5.75 Å². The highest BCUT2D eigenvalue weighted by Gasteiger charge is 2.35. The van der Waals surface area contributed by atoms with E-state index in [0.29, 0.717) is 18.0 Å². The van der Waals surface area contributed by atoms with Crippen LogP contribution in [-0.4, -0.2) is 30.9 Å². The summed E-state index contributed by atoms with van der Waals surface area (Å²) in [5.41, 5.74) is -0.264. The zero-order valence-electron chi connectivity index (χ0n) is 18.9. The number of thiophene rings is 1. The number of anilines is 2. The van der Waals surface area contributed by atoms with Crippen molar-refractivity contribution in [2.75, 3.05) is 23.4 Å². The van der Waals surface area contributed by atoms with Gasteiger partial charge in [-0.25, -0.2) is 0 Å².